The Balaban J connectivity index is 1.68. The number of carbonyl (C=O) groups excluding carboxylic acids is 2. The lowest BCUT2D eigenvalue weighted by Crippen LogP contribution is -2.56. The third kappa shape index (κ3) is 8.26. The molecule has 1 aliphatic rings. The summed E-state index contributed by atoms with van der Waals surface area (Å²) in [5, 5.41) is 25.5. The predicted molar refractivity (Wildman–Crippen MR) is 144 cm³/mol. The van der Waals surface area contributed by atoms with Crippen LogP contribution < -0.4 is 21.3 Å². The van der Waals surface area contributed by atoms with Gasteiger partial charge >= 0.3 is 0 Å². The molecule has 2 aromatic rings. The normalized spacial score (nSPS) is 14.6. The standard InChI is InChI=1S/C25H34Cl2N6O4/c26-19-4-3-17(21(27)13-19)12-22(31-23(36)5-6-28)25(37)33-10-8-32(9-11-33)24-18(2-1-7-29-24)14-30-20(15-34)16-35/h1-4,7,13,20,22,30,34-35H,5-6,8-12,14-16,28H2,(H,31,36)/t22-/m1/s1. The molecule has 0 radical (unpaired) electrons. The summed E-state index contributed by atoms with van der Waals surface area (Å²) in [6.07, 6.45) is 2.07. The van der Waals surface area contributed by atoms with Gasteiger partial charge in [-0.15, -0.1) is 0 Å². The van der Waals surface area contributed by atoms with Crippen molar-refractivity contribution in [2.75, 3.05) is 50.8 Å². The molecular formula is C25H34Cl2N6O4. The molecule has 6 N–H and O–H groups in total. The number of rotatable bonds is 12. The van der Waals surface area contributed by atoms with Crippen LogP contribution in [0.15, 0.2) is 36.5 Å². The van der Waals surface area contributed by atoms with Gasteiger partial charge in [0.2, 0.25) is 11.8 Å². The van der Waals surface area contributed by atoms with Crippen LogP contribution in [0.3, 0.4) is 0 Å². The van der Waals surface area contributed by atoms with E-state index in [1.54, 1.807) is 29.3 Å². The Bertz CT molecular complexity index is 1050. The van der Waals surface area contributed by atoms with Gasteiger partial charge in [-0.2, -0.15) is 0 Å². The van der Waals surface area contributed by atoms with Crippen LogP contribution in [0.5, 0.6) is 0 Å². The van der Waals surface area contributed by atoms with Gasteiger partial charge in [-0.1, -0.05) is 35.3 Å². The minimum absolute atomic E-state index is 0.121. The number of pyridine rings is 1. The average Bonchev–Trinajstić information content (AvgIpc) is 2.90. The van der Waals surface area contributed by atoms with Crippen molar-refractivity contribution in [3.05, 3.63) is 57.7 Å². The highest BCUT2D eigenvalue weighted by molar-refractivity contribution is 6.35. The van der Waals surface area contributed by atoms with Gasteiger partial charge in [0.05, 0.1) is 19.3 Å². The number of hydrogen-bond donors (Lipinski definition) is 5. The molecule has 1 aromatic carbocycles. The van der Waals surface area contributed by atoms with Gasteiger partial charge in [-0.3, -0.25) is 9.59 Å². The molecule has 1 atom stereocenters. The van der Waals surface area contributed by atoms with Crippen molar-refractivity contribution in [2.24, 2.45) is 5.73 Å². The highest BCUT2D eigenvalue weighted by atomic mass is 35.5. The summed E-state index contributed by atoms with van der Waals surface area (Å²) in [6, 6.07) is 7.65. The lowest BCUT2D eigenvalue weighted by atomic mass is 10.0. The van der Waals surface area contributed by atoms with Crippen LogP contribution in [0.2, 0.25) is 10.0 Å². The van der Waals surface area contributed by atoms with Crippen molar-refractivity contribution in [1.29, 1.82) is 0 Å². The number of benzene rings is 1. The van der Waals surface area contributed by atoms with E-state index in [9.17, 15) is 19.8 Å². The van der Waals surface area contributed by atoms with Gasteiger partial charge in [0.15, 0.2) is 0 Å². The van der Waals surface area contributed by atoms with Crippen LogP contribution in [-0.2, 0) is 22.6 Å². The molecular weight excluding hydrogens is 519 g/mol. The first-order valence-corrected chi connectivity index (χ1v) is 13.0. The first-order chi connectivity index (χ1) is 17.9. The Hall–Kier alpha value is -2.47. The molecule has 1 aromatic heterocycles. The minimum Gasteiger partial charge on any atom is -0.395 e. The number of anilines is 1. The number of aliphatic hydroxyl groups is 2. The summed E-state index contributed by atoms with van der Waals surface area (Å²) in [6.45, 7) is 2.31. The average molecular weight is 553 g/mol. The molecule has 0 aliphatic carbocycles. The zero-order valence-electron chi connectivity index (χ0n) is 20.6. The van der Waals surface area contributed by atoms with E-state index in [2.05, 4.69) is 20.5 Å². The van der Waals surface area contributed by atoms with Crippen molar-refractivity contribution in [3.63, 3.8) is 0 Å². The second-order valence-corrected chi connectivity index (χ2v) is 9.68. The van der Waals surface area contributed by atoms with E-state index in [1.165, 1.54) is 0 Å². The van der Waals surface area contributed by atoms with E-state index in [4.69, 9.17) is 28.9 Å². The largest absolute Gasteiger partial charge is 0.395 e. The topological polar surface area (TPSA) is 144 Å². The van der Waals surface area contributed by atoms with Gasteiger partial charge in [0.1, 0.15) is 11.9 Å². The highest BCUT2D eigenvalue weighted by Gasteiger charge is 2.30. The van der Waals surface area contributed by atoms with Gasteiger partial charge in [-0.05, 0) is 23.8 Å². The number of aliphatic hydroxyl groups excluding tert-OH is 2. The third-order valence-electron chi connectivity index (χ3n) is 6.22. The SMILES string of the molecule is NCCC(=O)N[C@H](Cc1ccc(Cl)cc1Cl)C(=O)N1CCN(c2ncccc2CNC(CO)CO)CC1. The monoisotopic (exact) mass is 552 g/mol. The second kappa shape index (κ2) is 14.5. The molecule has 37 heavy (non-hydrogen) atoms. The van der Waals surface area contributed by atoms with Crippen molar-refractivity contribution in [1.82, 2.24) is 20.5 Å². The molecule has 0 saturated carbocycles. The molecule has 3 rings (SSSR count). The molecule has 0 bridgehead atoms. The first kappa shape index (κ1) is 29.1. The minimum atomic E-state index is -0.784. The second-order valence-electron chi connectivity index (χ2n) is 8.84. The van der Waals surface area contributed by atoms with Crippen molar-refractivity contribution in [2.45, 2.75) is 31.5 Å². The van der Waals surface area contributed by atoms with E-state index in [-0.39, 0.29) is 44.4 Å². The number of nitrogens with zero attached hydrogens (tertiary/aromatic N) is 3. The number of halogens is 2. The summed E-state index contributed by atoms with van der Waals surface area (Å²) in [5.41, 5.74) is 7.16. The Morgan fingerprint density at radius 1 is 1.08 bits per heavy atom. The van der Waals surface area contributed by atoms with Gasteiger partial charge in [0.25, 0.3) is 0 Å². The molecule has 0 unspecified atom stereocenters. The first-order valence-electron chi connectivity index (χ1n) is 12.2. The predicted octanol–water partition coefficient (Wildman–Crippen LogP) is 0.556. The number of carbonyl (C=O) groups is 2. The van der Waals surface area contributed by atoms with Crippen LogP contribution in [0.25, 0.3) is 0 Å². The van der Waals surface area contributed by atoms with Crippen LogP contribution in [0.4, 0.5) is 5.82 Å². The summed E-state index contributed by atoms with van der Waals surface area (Å²) < 4.78 is 0. The van der Waals surface area contributed by atoms with Gasteiger partial charge in [0, 0.05) is 73.9 Å². The van der Waals surface area contributed by atoms with Crippen LogP contribution in [-0.4, -0.2) is 89.9 Å². The number of hydrogen-bond acceptors (Lipinski definition) is 8. The summed E-state index contributed by atoms with van der Waals surface area (Å²) in [5.74, 6) is 0.310. The van der Waals surface area contributed by atoms with Crippen molar-refractivity contribution in [3.8, 4) is 0 Å². The van der Waals surface area contributed by atoms with E-state index in [0.717, 1.165) is 11.4 Å². The lowest BCUT2D eigenvalue weighted by Gasteiger charge is -2.38. The number of aromatic nitrogens is 1. The maximum absolute atomic E-state index is 13.5. The van der Waals surface area contributed by atoms with E-state index < -0.39 is 12.1 Å². The zero-order chi connectivity index (χ0) is 26.8. The summed E-state index contributed by atoms with van der Waals surface area (Å²) >= 11 is 12.3. The molecule has 1 saturated heterocycles. The van der Waals surface area contributed by atoms with Crippen LogP contribution in [0, 0.1) is 0 Å². The molecule has 12 heteroatoms. The maximum Gasteiger partial charge on any atom is 0.245 e. The molecule has 10 nitrogen and oxygen atoms in total. The number of amides is 2. The quantitative estimate of drug-likeness (QED) is 0.257. The van der Waals surface area contributed by atoms with Crippen LogP contribution in [0.1, 0.15) is 17.5 Å². The van der Waals surface area contributed by atoms with Crippen molar-refractivity contribution < 1.29 is 19.8 Å². The fraction of sp³-hybridized carbons (Fsp3) is 0.480. The van der Waals surface area contributed by atoms with Crippen molar-refractivity contribution >= 4 is 40.8 Å². The third-order valence-corrected chi connectivity index (χ3v) is 6.81. The fourth-order valence-electron chi connectivity index (χ4n) is 4.16. The Kier molecular flexibility index (Phi) is 11.4. The smallest absolute Gasteiger partial charge is 0.245 e. The van der Waals surface area contributed by atoms with E-state index >= 15 is 0 Å². The maximum atomic E-state index is 13.5. The van der Waals surface area contributed by atoms with Crippen LogP contribution >= 0.6 is 23.2 Å². The molecule has 1 aliphatic heterocycles. The highest BCUT2D eigenvalue weighted by Crippen LogP contribution is 2.23. The molecule has 202 valence electrons. The summed E-state index contributed by atoms with van der Waals surface area (Å²) in [7, 11) is 0. The Morgan fingerprint density at radius 2 is 1.81 bits per heavy atom. The molecule has 1 fully saturated rings. The molecule has 2 amide bonds. The van der Waals surface area contributed by atoms with Gasteiger partial charge < -0.3 is 36.4 Å². The molecule has 2 heterocycles. The fourth-order valence-corrected chi connectivity index (χ4v) is 4.64. The molecule has 0 spiro atoms. The lowest BCUT2D eigenvalue weighted by molar-refractivity contribution is -0.136. The zero-order valence-corrected chi connectivity index (χ0v) is 22.1. The number of nitrogens with one attached hydrogen (secondary N) is 2. The Labute approximate surface area is 226 Å². The van der Waals surface area contributed by atoms with Gasteiger partial charge in [-0.25, -0.2) is 4.98 Å². The Morgan fingerprint density at radius 3 is 2.46 bits per heavy atom. The number of nitrogens with two attached hydrogens (primary N) is 1. The summed E-state index contributed by atoms with van der Waals surface area (Å²) in [4.78, 5) is 34.2. The van der Waals surface area contributed by atoms with E-state index in [1.807, 2.05) is 12.1 Å². The van der Waals surface area contributed by atoms with E-state index in [0.29, 0.717) is 48.3 Å². The number of piperazine rings is 1.